The Hall–Kier alpha value is -1.38. The Morgan fingerprint density at radius 1 is 1.33 bits per heavy atom. The molecule has 1 aromatic carbocycles. The number of hydrogen-bond acceptors (Lipinski definition) is 7. The van der Waals surface area contributed by atoms with Crippen molar-refractivity contribution in [3.8, 4) is 6.07 Å². The van der Waals surface area contributed by atoms with Gasteiger partial charge in [-0.2, -0.15) is 9.57 Å². The maximum absolute atomic E-state index is 13.4. The number of nitrogens with zero attached hydrogens (tertiary/aromatic N) is 3. The molecule has 3 heterocycles. The Bertz CT molecular complexity index is 1080. The first kappa shape index (κ1) is 21.8. The van der Waals surface area contributed by atoms with E-state index >= 15 is 0 Å². The van der Waals surface area contributed by atoms with E-state index in [0.29, 0.717) is 30.3 Å². The van der Waals surface area contributed by atoms with Crippen LogP contribution in [0, 0.1) is 11.3 Å². The highest BCUT2D eigenvalue weighted by Crippen LogP contribution is 2.41. The lowest BCUT2D eigenvalue weighted by Crippen LogP contribution is -2.56. The minimum absolute atomic E-state index is 0.0163. The normalized spacial score (nSPS) is 24.8. The van der Waals surface area contributed by atoms with Gasteiger partial charge in [0.25, 0.3) is 0 Å². The van der Waals surface area contributed by atoms with Crippen LogP contribution >= 0.6 is 35.0 Å². The highest BCUT2D eigenvalue weighted by Gasteiger charge is 2.52. The number of sulfonamides is 1. The van der Waals surface area contributed by atoms with Crippen molar-refractivity contribution in [1.82, 2.24) is 14.6 Å². The van der Waals surface area contributed by atoms with Crippen molar-refractivity contribution in [2.75, 3.05) is 32.8 Å². The maximum atomic E-state index is 13.4. The third kappa shape index (κ3) is 4.18. The monoisotopic (exact) mass is 484 g/mol. The SMILES string of the molecule is N#Cc1ccc(S(=O)(=O)N2C[C@H](Sc3ccc(Cl)cn3)[C@@]3(CNCCO3)C2)c(Cl)c1. The number of nitrogens with one attached hydrogen (secondary N) is 1. The molecule has 1 N–H and O–H groups in total. The number of morpholine rings is 1. The van der Waals surface area contributed by atoms with Crippen molar-refractivity contribution in [1.29, 1.82) is 5.26 Å². The fourth-order valence-electron chi connectivity index (χ4n) is 3.63. The van der Waals surface area contributed by atoms with Gasteiger partial charge < -0.3 is 10.1 Å². The van der Waals surface area contributed by atoms with Gasteiger partial charge in [-0.3, -0.25) is 0 Å². The molecule has 2 atom stereocenters. The van der Waals surface area contributed by atoms with Crippen molar-refractivity contribution in [3.05, 3.63) is 52.1 Å². The summed E-state index contributed by atoms with van der Waals surface area (Å²) >= 11 is 13.6. The minimum Gasteiger partial charge on any atom is -0.370 e. The number of pyridine rings is 1. The van der Waals surface area contributed by atoms with Crippen LogP contribution in [-0.4, -0.2) is 61.3 Å². The third-order valence-corrected chi connectivity index (χ3v) is 9.00. The molecule has 0 bridgehead atoms. The molecule has 0 radical (unpaired) electrons. The van der Waals surface area contributed by atoms with Gasteiger partial charge >= 0.3 is 0 Å². The number of thioether (sulfide) groups is 1. The highest BCUT2D eigenvalue weighted by atomic mass is 35.5. The van der Waals surface area contributed by atoms with Gasteiger partial charge in [-0.25, -0.2) is 13.4 Å². The summed E-state index contributed by atoms with van der Waals surface area (Å²) in [7, 11) is -3.87. The summed E-state index contributed by atoms with van der Waals surface area (Å²) in [4.78, 5) is 4.32. The molecule has 4 rings (SSSR count). The smallest absolute Gasteiger partial charge is 0.244 e. The molecule has 2 saturated heterocycles. The number of nitriles is 1. The lowest BCUT2D eigenvalue weighted by Gasteiger charge is -2.38. The molecule has 2 aliphatic heterocycles. The molecule has 11 heteroatoms. The molecule has 30 heavy (non-hydrogen) atoms. The summed E-state index contributed by atoms with van der Waals surface area (Å²) in [5, 5.41) is 13.5. The molecule has 0 saturated carbocycles. The molecule has 2 fully saturated rings. The van der Waals surface area contributed by atoms with Crippen molar-refractivity contribution in [3.63, 3.8) is 0 Å². The van der Waals surface area contributed by atoms with E-state index in [1.165, 1.54) is 34.3 Å². The van der Waals surface area contributed by atoms with E-state index in [0.717, 1.165) is 5.03 Å². The van der Waals surface area contributed by atoms with E-state index in [2.05, 4.69) is 10.3 Å². The molecule has 0 unspecified atom stereocenters. The van der Waals surface area contributed by atoms with Gasteiger partial charge in [0.15, 0.2) is 0 Å². The quantitative estimate of drug-likeness (QED) is 0.712. The van der Waals surface area contributed by atoms with E-state index in [1.54, 1.807) is 12.3 Å². The van der Waals surface area contributed by atoms with Gasteiger partial charge in [-0.15, -0.1) is 0 Å². The van der Waals surface area contributed by atoms with Crippen LogP contribution < -0.4 is 5.32 Å². The number of rotatable bonds is 4. The third-order valence-electron chi connectivity index (χ3n) is 5.13. The number of benzene rings is 1. The molecule has 0 amide bonds. The Balaban J connectivity index is 1.65. The first-order valence-electron chi connectivity index (χ1n) is 9.17. The van der Waals surface area contributed by atoms with Gasteiger partial charge in [-0.05, 0) is 30.3 Å². The van der Waals surface area contributed by atoms with E-state index in [9.17, 15) is 8.42 Å². The fourth-order valence-corrected chi connectivity index (χ4v) is 7.11. The number of halogens is 2. The molecule has 2 aliphatic rings. The minimum atomic E-state index is -3.87. The Morgan fingerprint density at radius 3 is 2.80 bits per heavy atom. The van der Waals surface area contributed by atoms with Gasteiger partial charge in [0.05, 0.1) is 38.6 Å². The summed E-state index contributed by atoms with van der Waals surface area (Å²) in [6.07, 6.45) is 1.57. The molecular formula is C19H18Cl2N4O3S2. The summed E-state index contributed by atoms with van der Waals surface area (Å²) in [6, 6.07) is 9.72. The molecule has 1 aromatic heterocycles. The molecule has 0 aliphatic carbocycles. The second-order valence-electron chi connectivity index (χ2n) is 7.07. The second-order valence-corrected chi connectivity index (χ2v) is 11.0. The molecule has 7 nitrogen and oxygen atoms in total. The lowest BCUT2D eigenvalue weighted by molar-refractivity contribution is -0.0505. The van der Waals surface area contributed by atoms with E-state index in [1.807, 2.05) is 12.1 Å². The second kappa shape index (κ2) is 8.63. The van der Waals surface area contributed by atoms with Gasteiger partial charge in [-0.1, -0.05) is 35.0 Å². The predicted molar refractivity (Wildman–Crippen MR) is 115 cm³/mol. The van der Waals surface area contributed by atoms with Crippen LogP contribution in [-0.2, 0) is 14.8 Å². The molecule has 158 valence electrons. The summed E-state index contributed by atoms with van der Waals surface area (Å²) in [6.45, 7) is 2.19. The molecule has 2 aromatic rings. The van der Waals surface area contributed by atoms with Crippen LogP contribution in [0.1, 0.15) is 5.56 Å². The molecule has 1 spiro atoms. The summed E-state index contributed by atoms with van der Waals surface area (Å²) < 4.78 is 34.3. The number of ether oxygens (including phenoxy) is 1. The van der Waals surface area contributed by atoms with Gasteiger partial charge in [0.1, 0.15) is 10.5 Å². The lowest BCUT2D eigenvalue weighted by atomic mass is 10.0. The Labute approximate surface area is 189 Å². The molecular weight excluding hydrogens is 467 g/mol. The Kier molecular flexibility index (Phi) is 6.28. The van der Waals surface area contributed by atoms with Crippen molar-refractivity contribution in [2.24, 2.45) is 0 Å². The zero-order valence-electron chi connectivity index (χ0n) is 15.7. The van der Waals surface area contributed by atoms with Crippen LogP contribution in [0.15, 0.2) is 46.5 Å². The average Bonchev–Trinajstić information content (AvgIpc) is 3.08. The van der Waals surface area contributed by atoms with Crippen LogP contribution in [0.3, 0.4) is 0 Å². The van der Waals surface area contributed by atoms with Crippen molar-refractivity contribution >= 4 is 45.0 Å². The zero-order chi connectivity index (χ0) is 21.4. The van der Waals surface area contributed by atoms with Crippen molar-refractivity contribution in [2.45, 2.75) is 20.8 Å². The maximum Gasteiger partial charge on any atom is 0.244 e. The standard InChI is InChI=1S/C19H18Cl2N4O3S2/c20-14-2-4-18(24-9-14)29-17-10-25(12-19(17)11-23-5-6-28-19)30(26,27)16-3-1-13(8-22)7-15(16)21/h1-4,7,9,17,23H,5-6,10-12H2/t17-,19+/m0/s1. The van der Waals surface area contributed by atoms with Crippen LogP contribution in [0.2, 0.25) is 10.0 Å². The topological polar surface area (TPSA) is 95.3 Å². The largest absolute Gasteiger partial charge is 0.370 e. The first-order valence-corrected chi connectivity index (χ1v) is 12.2. The summed E-state index contributed by atoms with van der Waals surface area (Å²) in [5.41, 5.74) is -0.380. The van der Waals surface area contributed by atoms with Gasteiger partial charge in [0.2, 0.25) is 10.0 Å². The van der Waals surface area contributed by atoms with Crippen molar-refractivity contribution < 1.29 is 13.2 Å². The number of aromatic nitrogens is 1. The fraction of sp³-hybridized carbons (Fsp3) is 0.368. The Morgan fingerprint density at radius 2 is 2.17 bits per heavy atom. The highest BCUT2D eigenvalue weighted by molar-refractivity contribution is 8.00. The first-order chi connectivity index (χ1) is 14.3. The number of hydrogen-bond donors (Lipinski definition) is 1. The van der Waals surface area contributed by atoms with Crippen LogP contribution in [0.5, 0.6) is 0 Å². The van der Waals surface area contributed by atoms with Crippen LogP contribution in [0.25, 0.3) is 0 Å². The average molecular weight is 485 g/mol. The van der Waals surface area contributed by atoms with E-state index in [-0.39, 0.29) is 28.3 Å². The van der Waals surface area contributed by atoms with Crippen LogP contribution in [0.4, 0.5) is 0 Å². The van der Waals surface area contributed by atoms with E-state index < -0.39 is 15.6 Å². The van der Waals surface area contributed by atoms with Gasteiger partial charge in [0, 0.05) is 32.4 Å². The zero-order valence-corrected chi connectivity index (χ0v) is 18.9. The predicted octanol–water partition coefficient (Wildman–Crippen LogP) is 2.78. The summed E-state index contributed by atoms with van der Waals surface area (Å²) in [5.74, 6) is 0. The van der Waals surface area contributed by atoms with E-state index in [4.69, 9.17) is 33.2 Å².